The number of nitrogens with zero attached hydrogens (tertiary/aromatic N) is 2. The maximum Gasteiger partial charge on any atom is 0.313 e. The maximum absolute atomic E-state index is 13.9. The molecule has 0 aromatic heterocycles. The van der Waals surface area contributed by atoms with Crippen molar-refractivity contribution < 1.29 is 35.8 Å². The van der Waals surface area contributed by atoms with Gasteiger partial charge in [0, 0.05) is 19.0 Å². The number of aliphatic imine (C=N–C) groups is 1. The van der Waals surface area contributed by atoms with Crippen molar-refractivity contribution in [3.63, 3.8) is 0 Å². The number of hydrogen-bond donors (Lipinski definition) is 1. The maximum atomic E-state index is 13.9. The van der Waals surface area contributed by atoms with Crippen molar-refractivity contribution in [3.8, 4) is 11.5 Å². The second-order valence-electron chi connectivity index (χ2n) is 13.2. The molecule has 1 aliphatic heterocycles. The average molecular weight is 652 g/mol. The van der Waals surface area contributed by atoms with Crippen LogP contribution in [0.15, 0.2) is 45.1 Å². The Balaban J connectivity index is 1.92. The number of ether oxygens (including phenoxy) is 3. The number of fused-ring (bicyclic) bond motifs is 1. The van der Waals surface area contributed by atoms with Crippen LogP contribution in [0.1, 0.15) is 72.4 Å². The van der Waals surface area contributed by atoms with Gasteiger partial charge in [0.2, 0.25) is 10.0 Å². The molecular formula is C31H45N3O8S2. The van der Waals surface area contributed by atoms with E-state index >= 15 is 0 Å². The van der Waals surface area contributed by atoms with E-state index in [0.29, 0.717) is 0 Å². The third-order valence-corrected chi connectivity index (χ3v) is 9.34. The third-order valence-electron chi connectivity index (χ3n) is 6.61. The predicted octanol–water partition coefficient (Wildman–Crippen LogP) is 4.98. The summed E-state index contributed by atoms with van der Waals surface area (Å²) < 4.78 is 69.5. The molecule has 2 N–H and O–H groups in total. The molecule has 244 valence electrons. The summed E-state index contributed by atoms with van der Waals surface area (Å²) in [6.45, 7) is 14.9. The molecule has 0 unspecified atom stereocenters. The van der Waals surface area contributed by atoms with Gasteiger partial charge in [-0.25, -0.2) is 27.0 Å². The van der Waals surface area contributed by atoms with Crippen LogP contribution in [0.4, 0.5) is 5.69 Å². The van der Waals surface area contributed by atoms with Crippen LogP contribution in [0.25, 0.3) is 0 Å². The molecule has 0 bridgehead atoms. The molecular weight excluding hydrogens is 606 g/mol. The Morgan fingerprint density at radius 3 is 2.23 bits per heavy atom. The van der Waals surface area contributed by atoms with Crippen molar-refractivity contribution in [1.82, 2.24) is 4.31 Å². The summed E-state index contributed by atoms with van der Waals surface area (Å²) >= 11 is 0. The van der Waals surface area contributed by atoms with Gasteiger partial charge in [-0.15, -0.1) is 0 Å². The highest BCUT2D eigenvalue weighted by Gasteiger charge is 2.38. The minimum atomic E-state index is -4.37. The molecule has 0 aliphatic carbocycles. The number of methoxy groups -OCH3 is 1. The molecule has 0 amide bonds. The van der Waals surface area contributed by atoms with Gasteiger partial charge in [0.1, 0.15) is 34.3 Å². The molecule has 2 aromatic rings. The van der Waals surface area contributed by atoms with Gasteiger partial charge in [-0.05, 0) is 53.9 Å². The highest BCUT2D eigenvalue weighted by molar-refractivity contribution is 7.90. The van der Waals surface area contributed by atoms with Crippen molar-refractivity contribution in [2.75, 3.05) is 26.9 Å². The summed E-state index contributed by atoms with van der Waals surface area (Å²) in [5, 5.41) is 5.30. The van der Waals surface area contributed by atoms with Gasteiger partial charge >= 0.3 is 5.97 Å². The zero-order chi connectivity index (χ0) is 33.1. The van der Waals surface area contributed by atoms with Gasteiger partial charge in [0.25, 0.3) is 10.0 Å². The lowest BCUT2D eigenvalue weighted by Gasteiger charge is -2.30. The number of esters is 1. The Labute approximate surface area is 261 Å². The molecule has 11 nitrogen and oxygen atoms in total. The lowest BCUT2D eigenvalue weighted by atomic mass is 9.84. The SMILES string of the molecule is CCOC(=O)CC1=Nc2c(OC)cc(S(N)(=O)=O)cc2S(=O)(=O)N1CCCOc1ccc(CC(C)(C)C)cc1CC(C)(C)C. The number of carbonyl (C=O) groups excluding carboxylic acids is 1. The summed E-state index contributed by atoms with van der Waals surface area (Å²) in [6.07, 6.45) is 1.54. The second kappa shape index (κ2) is 13.5. The van der Waals surface area contributed by atoms with Gasteiger partial charge in [0.05, 0.1) is 25.2 Å². The zero-order valence-corrected chi connectivity index (χ0v) is 28.5. The number of sulfonamides is 2. The Hall–Kier alpha value is -3.16. The van der Waals surface area contributed by atoms with Crippen molar-refractivity contribution in [1.29, 1.82) is 0 Å². The molecule has 0 fully saturated rings. The second-order valence-corrected chi connectivity index (χ2v) is 16.6. The molecule has 1 aliphatic rings. The smallest absolute Gasteiger partial charge is 0.313 e. The van der Waals surface area contributed by atoms with E-state index in [1.54, 1.807) is 6.92 Å². The van der Waals surface area contributed by atoms with E-state index in [1.807, 2.05) is 6.07 Å². The Morgan fingerprint density at radius 2 is 1.66 bits per heavy atom. The lowest BCUT2D eigenvalue weighted by Crippen LogP contribution is -2.41. The minimum absolute atomic E-state index is 0.0170. The highest BCUT2D eigenvalue weighted by atomic mass is 32.2. The van der Waals surface area contributed by atoms with Crippen LogP contribution in [-0.4, -0.2) is 59.8 Å². The predicted molar refractivity (Wildman–Crippen MR) is 169 cm³/mol. The number of rotatable bonds is 12. The number of primary sulfonamides is 1. The van der Waals surface area contributed by atoms with Gasteiger partial charge in [-0.1, -0.05) is 53.7 Å². The van der Waals surface area contributed by atoms with E-state index in [9.17, 15) is 21.6 Å². The monoisotopic (exact) mass is 651 g/mol. The van der Waals surface area contributed by atoms with Crippen molar-refractivity contribution >= 4 is 37.5 Å². The molecule has 2 aromatic carbocycles. The normalized spacial score (nSPS) is 14.9. The summed E-state index contributed by atoms with van der Waals surface area (Å²) in [5.41, 5.74) is 2.32. The quantitative estimate of drug-likeness (QED) is 0.249. The first-order valence-corrected chi connectivity index (χ1v) is 17.5. The van der Waals surface area contributed by atoms with Crippen LogP contribution in [0, 0.1) is 10.8 Å². The molecule has 44 heavy (non-hydrogen) atoms. The minimum Gasteiger partial charge on any atom is -0.494 e. The number of nitrogens with two attached hydrogens (primary N) is 1. The van der Waals surface area contributed by atoms with Gasteiger partial charge < -0.3 is 14.2 Å². The first-order valence-electron chi connectivity index (χ1n) is 14.5. The van der Waals surface area contributed by atoms with Crippen LogP contribution >= 0.6 is 0 Å². The van der Waals surface area contributed by atoms with E-state index in [4.69, 9.17) is 19.3 Å². The molecule has 0 radical (unpaired) electrons. The summed E-state index contributed by atoms with van der Waals surface area (Å²) in [4.78, 5) is 16.0. The Bertz CT molecular complexity index is 1620. The molecule has 0 atom stereocenters. The number of hydrogen-bond acceptors (Lipinski definition) is 9. The van der Waals surface area contributed by atoms with Crippen LogP contribution < -0.4 is 14.6 Å². The van der Waals surface area contributed by atoms with Crippen molar-refractivity contribution in [3.05, 3.63) is 41.5 Å². The van der Waals surface area contributed by atoms with Crippen molar-refractivity contribution in [2.45, 2.75) is 83.9 Å². The first-order chi connectivity index (χ1) is 20.2. The Morgan fingerprint density at radius 1 is 1.00 bits per heavy atom. The summed E-state index contributed by atoms with van der Waals surface area (Å²) in [5.74, 6) is -0.112. The fraction of sp³-hybridized carbons (Fsp3) is 0.548. The zero-order valence-electron chi connectivity index (χ0n) is 26.9. The standard InChI is InChI=1S/C31H45N3O8S2/c1-9-41-28(35)18-27-33-29-25(40-8)16-23(43(32,36)37)17-26(29)44(38,39)34(27)13-10-14-42-24-12-11-21(19-30(2,3)4)15-22(24)20-31(5,6)7/h11-12,15-17H,9-10,13-14,18-20H2,1-8H3,(H2,32,36,37). The van der Waals surface area contributed by atoms with E-state index < -0.39 is 42.2 Å². The van der Waals surface area contributed by atoms with Crippen LogP contribution in [0.5, 0.6) is 11.5 Å². The van der Waals surface area contributed by atoms with Crippen LogP contribution in [-0.2, 0) is 42.4 Å². The van der Waals surface area contributed by atoms with E-state index in [1.165, 1.54) is 12.7 Å². The van der Waals surface area contributed by atoms with E-state index in [-0.39, 0.29) is 54.3 Å². The van der Waals surface area contributed by atoms with E-state index in [0.717, 1.165) is 40.6 Å². The number of amidine groups is 1. The third kappa shape index (κ3) is 9.18. The first kappa shape index (κ1) is 35.3. The molecule has 13 heteroatoms. The van der Waals surface area contributed by atoms with E-state index in [2.05, 4.69) is 58.7 Å². The summed E-state index contributed by atoms with van der Waals surface area (Å²) in [7, 11) is -7.38. The molecule has 0 saturated heterocycles. The largest absolute Gasteiger partial charge is 0.494 e. The van der Waals surface area contributed by atoms with Gasteiger partial charge in [0.15, 0.2) is 0 Å². The van der Waals surface area contributed by atoms with Crippen LogP contribution in [0.2, 0.25) is 0 Å². The molecule has 1 heterocycles. The van der Waals surface area contributed by atoms with Crippen LogP contribution in [0.3, 0.4) is 0 Å². The topological polar surface area (TPSA) is 155 Å². The summed E-state index contributed by atoms with van der Waals surface area (Å²) in [6, 6.07) is 8.25. The van der Waals surface area contributed by atoms with Gasteiger partial charge in [-0.2, -0.15) is 0 Å². The Kier molecular flexibility index (Phi) is 10.8. The highest BCUT2D eigenvalue weighted by Crippen LogP contribution is 2.42. The number of carbonyl (C=O) groups is 1. The fourth-order valence-corrected chi connectivity index (χ4v) is 7.23. The fourth-order valence-electron chi connectivity index (χ4n) is 4.94. The van der Waals surface area contributed by atoms with Gasteiger partial charge in [-0.3, -0.25) is 9.10 Å². The average Bonchev–Trinajstić information content (AvgIpc) is 2.86. The lowest BCUT2D eigenvalue weighted by molar-refractivity contribution is -0.141. The molecule has 3 rings (SSSR count). The van der Waals surface area contributed by atoms with Crippen molar-refractivity contribution in [2.24, 2.45) is 21.0 Å². The number of benzene rings is 2. The molecule has 0 saturated carbocycles. The molecule has 0 spiro atoms.